The molecule has 0 unspecified atom stereocenters. The molecule has 1 heterocycles. The Morgan fingerprint density at radius 1 is 1.05 bits per heavy atom. The van der Waals surface area contributed by atoms with Crippen LogP contribution in [-0.2, 0) is 12.8 Å². The van der Waals surface area contributed by atoms with E-state index in [1.165, 1.54) is 0 Å². The highest BCUT2D eigenvalue weighted by Crippen LogP contribution is 2.34. The number of fused-ring (bicyclic) bond motifs is 1. The number of rotatable bonds is 4. The van der Waals surface area contributed by atoms with E-state index in [1.807, 2.05) is 49.4 Å². The van der Waals surface area contributed by atoms with Crippen molar-refractivity contribution in [3.05, 3.63) is 59.2 Å². The number of carbonyl (C=O) groups is 1. The van der Waals surface area contributed by atoms with Gasteiger partial charge in [-0.2, -0.15) is 0 Å². The molecule has 0 radical (unpaired) electrons. The van der Waals surface area contributed by atoms with Crippen molar-refractivity contribution >= 4 is 5.78 Å². The van der Waals surface area contributed by atoms with E-state index in [0.717, 1.165) is 28.9 Å². The number of hydrogen-bond acceptors (Lipinski definition) is 3. The zero-order chi connectivity index (χ0) is 14.7. The van der Waals surface area contributed by atoms with Crippen LogP contribution in [0, 0.1) is 0 Å². The molecule has 3 heteroatoms. The van der Waals surface area contributed by atoms with Crippen molar-refractivity contribution in [3.8, 4) is 11.5 Å². The predicted octanol–water partition coefficient (Wildman–Crippen LogP) is 3.45. The van der Waals surface area contributed by atoms with Gasteiger partial charge in [0.15, 0.2) is 17.3 Å². The van der Waals surface area contributed by atoms with Crippen LogP contribution in [0.3, 0.4) is 0 Å². The third-order valence-corrected chi connectivity index (χ3v) is 3.66. The van der Waals surface area contributed by atoms with E-state index in [1.54, 1.807) is 0 Å². The molecule has 1 aliphatic rings. The highest BCUT2D eigenvalue weighted by molar-refractivity contribution is 5.99. The van der Waals surface area contributed by atoms with Crippen LogP contribution >= 0.6 is 0 Å². The molecule has 2 aromatic carbocycles. The average Bonchev–Trinajstić information content (AvgIpc) is 2.54. The predicted molar refractivity (Wildman–Crippen MR) is 81.3 cm³/mol. The topological polar surface area (TPSA) is 35.5 Å². The molecule has 0 fully saturated rings. The van der Waals surface area contributed by atoms with Gasteiger partial charge >= 0.3 is 0 Å². The second-order valence-electron chi connectivity index (χ2n) is 5.09. The van der Waals surface area contributed by atoms with Crippen LogP contribution < -0.4 is 9.47 Å². The Hall–Kier alpha value is -2.29. The molecular formula is C18H18O3. The van der Waals surface area contributed by atoms with Crippen LogP contribution in [0.2, 0.25) is 0 Å². The summed E-state index contributed by atoms with van der Waals surface area (Å²) in [6, 6.07) is 13.6. The van der Waals surface area contributed by atoms with Gasteiger partial charge in [-0.15, -0.1) is 0 Å². The van der Waals surface area contributed by atoms with Gasteiger partial charge in [0, 0.05) is 12.0 Å². The smallest absolute Gasteiger partial charge is 0.167 e. The highest BCUT2D eigenvalue weighted by atomic mass is 16.6. The number of carbonyl (C=O) groups excluding carboxylic acids is 1. The second-order valence-corrected chi connectivity index (χ2v) is 5.09. The van der Waals surface area contributed by atoms with Crippen molar-refractivity contribution in [1.29, 1.82) is 0 Å². The van der Waals surface area contributed by atoms with Crippen molar-refractivity contribution < 1.29 is 14.3 Å². The van der Waals surface area contributed by atoms with Crippen molar-refractivity contribution in [1.82, 2.24) is 0 Å². The molecule has 0 aliphatic carbocycles. The number of hydrogen-bond donors (Lipinski definition) is 0. The fourth-order valence-corrected chi connectivity index (χ4v) is 2.56. The van der Waals surface area contributed by atoms with E-state index >= 15 is 0 Å². The monoisotopic (exact) mass is 282 g/mol. The van der Waals surface area contributed by atoms with Gasteiger partial charge in [0.25, 0.3) is 0 Å². The largest absolute Gasteiger partial charge is 0.486 e. The summed E-state index contributed by atoms with van der Waals surface area (Å²) in [6.45, 7) is 3.14. The fourth-order valence-electron chi connectivity index (χ4n) is 2.56. The van der Waals surface area contributed by atoms with Gasteiger partial charge in [0.1, 0.15) is 13.2 Å². The minimum absolute atomic E-state index is 0.120. The summed E-state index contributed by atoms with van der Waals surface area (Å²) in [5, 5.41) is 0. The van der Waals surface area contributed by atoms with Gasteiger partial charge in [-0.1, -0.05) is 37.3 Å². The van der Waals surface area contributed by atoms with E-state index in [4.69, 9.17) is 9.47 Å². The standard InChI is InChI=1S/C18H18O3/c1-2-14-11-17-18(21-9-8-20-17)12-15(14)16(19)10-13-6-4-3-5-7-13/h3-7,11-12H,2,8-10H2,1H3. The van der Waals surface area contributed by atoms with E-state index in [-0.39, 0.29) is 5.78 Å². The molecule has 3 nitrogen and oxygen atoms in total. The molecule has 3 rings (SSSR count). The lowest BCUT2D eigenvalue weighted by molar-refractivity contribution is 0.0990. The van der Waals surface area contributed by atoms with E-state index in [2.05, 4.69) is 0 Å². The van der Waals surface area contributed by atoms with Crippen LogP contribution in [-0.4, -0.2) is 19.0 Å². The highest BCUT2D eigenvalue weighted by Gasteiger charge is 2.19. The summed E-state index contributed by atoms with van der Waals surface area (Å²) >= 11 is 0. The number of ether oxygens (including phenoxy) is 2. The Morgan fingerprint density at radius 2 is 1.71 bits per heavy atom. The Labute approximate surface area is 124 Å². The molecule has 0 N–H and O–H groups in total. The molecule has 0 amide bonds. The summed E-state index contributed by atoms with van der Waals surface area (Å²) in [5.41, 5.74) is 2.78. The molecule has 21 heavy (non-hydrogen) atoms. The summed E-state index contributed by atoms with van der Waals surface area (Å²) < 4.78 is 11.2. The van der Waals surface area contributed by atoms with Crippen molar-refractivity contribution in [2.75, 3.05) is 13.2 Å². The first kappa shape index (κ1) is 13.7. The lowest BCUT2D eigenvalue weighted by Crippen LogP contribution is -2.17. The van der Waals surface area contributed by atoms with Gasteiger partial charge in [0.05, 0.1) is 0 Å². The number of benzene rings is 2. The summed E-state index contributed by atoms with van der Waals surface area (Å²) in [6.07, 6.45) is 1.21. The molecule has 0 atom stereocenters. The van der Waals surface area contributed by atoms with Gasteiger partial charge < -0.3 is 9.47 Å². The lowest BCUT2D eigenvalue weighted by atomic mass is 9.96. The molecule has 2 aromatic rings. The first-order valence-electron chi connectivity index (χ1n) is 7.27. The summed E-state index contributed by atoms with van der Waals surface area (Å²) in [4.78, 5) is 12.6. The Bertz CT molecular complexity index is 647. The average molecular weight is 282 g/mol. The van der Waals surface area contributed by atoms with Gasteiger partial charge in [-0.25, -0.2) is 0 Å². The third-order valence-electron chi connectivity index (χ3n) is 3.66. The number of aryl methyl sites for hydroxylation is 1. The minimum atomic E-state index is 0.120. The van der Waals surface area contributed by atoms with Crippen LogP contribution in [0.1, 0.15) is 28.4 Å². The third kappa shape index (κ3) is 2.92. The number of Topliss-reactive ketones (excluding diaryl/α,β-unsaturated/α-hetero) is 1. The van der Waals surface area contributed by atoms with E-state index < -0.39 is 0 Å². The van der Waals surface area contributed by atoms with Crippen molar-refractivity contribution in [2.45, 2.75) is 19.8 Å². The van der Waals surface area contributed by atoms with Crippen molar-refractivity contribution in [3.63, 3.8) is 0 Å². The molecule has 1 aliphatic heterocycles. The van der Waals surface area contributed by atoms with Gasteiger partial charge in [-0.3, -0.25) is 4.79 Å². The summed E-state index contributed by atoms with van der Waals surface area (Å²) in [5.74, 6) is 1.54. The SMILES string of the molecule is CCc1cc2c(cc1C(=O)Cc1ccccc1)OCCO2. The zero-order valence-electron chi connectivity index (χ0n) is 12.1. The van der Waals surface area contributed by atoms with Gasteiger partial charge in [-0.05, 0) is 29.7 Å². The van der Waals surface area contributed by atoms with E-state index in [0.29, 0.717) is 25.4 Å². The maximum absolute atomic E-state index is 12.6. The molecule has 0 spiro atoms. The van der Waals surface area contributed by atoms with Crippen LogP contribution in [0.4, 0.5) is 0 Å². The maximum atomic E-state index is 12.6. The van der Waals surface area contributed by atoms with Crippen LogP contribution in [0.5, 0.6) is 11.5 Å². The second kappa shape index (κ2) is 6.00. The Kier molecular flexibility index (Phi) is 3.91. The molecule has 0 saturated heterocycles. The minimum Gasteiger partial charge on any atom is -0.486 e. The Balaban J connectivity index is 1.91. The fraction of sp³-hybridized carbons (Fsp3) is 0.278. The normalized spacial score (nSPS) is 13.0. The van der Waals surface area contributed by atoms with E-state index in [9.17, 15) is 4.79 Å². The summed E-state index contributed by atoms with van der Waals surface area (Å²) in [7, 11) is 0. The molecule has 0 bridgehead atoms. The first-order valence-corrected chi connectivity index (χ1v) is 7.27. The maximum Gasteiger partial charge on any atom is 0.167 e. The first-order chi connectivity index (χ1) is 10.3. The molecule has 0 saturated carbocycles. The zero-order valence-corrected chi connectivity index (χ0v) is 12.1. The lowest BCUT2D eigenvalue weighted by Gasteiger charge is -2.20. The molecular weight excluding hydrogens is 264 g/mol. The molecule has 0 aromatic heterocycles. The number of ketones is 1. The quantitative estimate of drug-likeness (QED) is 0.806. The van der Waals surface area contributed by atoms with Crippen molar-refractivity contribution in [2.24, 2.45) is 0 Å². The van der Waals surface area contributed by atoms with Gasteiger partial charge in [0.2, 0.25) is 0 Å². The van der Waals surface area contributed by atoms with Crippen LogP contribution in [0.25, 0.3) is 0 Å². The van der Waals surface area contributed by atoms with Crippen LogP contribution in [0.15, 0.2) is 42.5 Å². The molecule has 108 valence electrons. The Morgan fingerprint density at radius 3 is 2.38 bits per heavy atom.